The number of carbonyl (C=O) groups is 1. The average molecular weight is 159 g/mol. The Balaban J connectivity index is 3.92. The Bertz CT molecular complexity index is 193. The number of aliphatic imine (C=N–C) groups is 1. The van der Waals surface area contributed by atoms with Crippen LogP contribution in [0.5, 0.6) is 0 Å². The van der Waals surface area contributed by atoms with Crippen molar-refractivity contribution in [2.75, 3.05) is 6.54 Å². The molecule has 0 heterocycles. The first-order valence-electron chi connectivity index (χ1n) is 3.00. The molecule has 2 N–H and O–H groups in total. The van der Waals surface area contributed by atoms with Gasteiger partial charge < -0.3 is 10.2 Å². The van der Waals surface area contributed by atoms with Gasteiger partial charge in [0.25, 0.3) is 0 Å². The molecule has 0 saturated carbocycles. The SMILES string of the molecule is CC(O)(CCN=C=O)C(=O)O. The molecule has 0 aromatic rings. The summed E-state index contributed by atoms with van der Waals surface area (Å²) in [7, 11) is 0. The minimum absolute atomic E-state index is 0.0250. The molecule has 5 nitrogen and oxygen atoms in total. The molecule has 1 unspecified atom stereocenters. The molecule has 0 spiro atoms. The quantitative estimate of drug-likeness (QED) is 0.429. The van der Waals surface area contributed by atoms with Crippen molar-refractivity contribution in [3.05, 3.63) is 0 Å². The summed E-state index contributed by atoms with van der Waals surface area (Å²) in [6, 6.07) is 0. The molecule has 62 valence electrons. The van der Waals surface area contributed by atoms with E-state index in [1.165, 1.54) is 6.08 Å². The molecule has 0 saturated heterocycles. The highest BCUT2D eigenvalue weighted by Crippen LogP contribution is 2.08. The van der Waals surface area contributed by atoms with Crippen LogP contribution in [0.15, 0.2) is 4.99 Å². The van der Waals surface area contributed by atoms with E-state index in [4.69, 9.17) is 10.2 Å². The summed E-state index contributed by atoms with van der Waals surface area (Å²) < 4.78 is 0. The van der Waals surface area contributed by atoms with Crippen LogP contribution in [0.1, 0.15) is 13.3 Å². The summed E-state index contributed by atoms with van der Waals surface area (Å²) in [5, 5.41) is 17.4. The Kier molecular flexibility index (Phi) is 3.44. The molecule has 0 radical (unpaired) electrons. The van der Waals surface area contributed by atoms with Crippen molar-refractivity contribution >= 4 is 12.0 Å². The van der Waals surface area contributed by atoms with Gasteiger partial charge in [0.15, 0.2) is 5.60 Å². The smallest absolute Gasteiger partial charge is 0.335 e. The topological polar surface area (TPSA) is 87.0 Å². The maximum absolute atomic E-state index is 10.2. The van der Waals surface area contributed by atoms with Gasteiger partial charge in [-0.15, -0.1) is 0 Å². The Labute approximate surface area is 63.4 Å². The van der Waals surface area contributed by atoms with Crippen LogP contribution in [-0.4, -0.2) is 34.4 Å². The third-order valence-corrected chi connectivity index (χ3v) is 1.24. The number of carboxylic acid groups (broad SMARTS) is 1. The van der Waals surface area contributed by atoms with Gasteiger partial charge in [0, 0.05) is 6.42 Å². The van der Waals surface area contributed by atoms with Gasteiger partial charge >= 0.3 is 5.97 Å². The fourth-order valence-corrected chi connectivity index (χ4v) is 0.426. The van der Waals surface area contributed by atoms with E-state index in [9.17, 15) is 9.59 Å². The normalized spacial score (nSPS) is 14.7. The van der Waals surface area contributed by atoms with Gasteiger partial charge in [0.1, 0.15) is 0 Å². The van der Waals surface area contributed by atoms with Gasteiger partial charge in [-0.25, -0.2) is 14.6 Å². The van der Waals surface area contributed by atoms with Crippen molar-refractivity contribution in [2.45, 2.75) is 18.9 Å². The number of aliphatic carboxylic acids is 1. The number of nitrogens with zero attached hydrogens (tertiary/aromatic N) is 1. The lowest BCUT2D eigenvalue weighted by Gasteiger charge is -2.15. The van der Waals surface area contributed by atoms with Crippen LogP contribution in [0.4, 0.5) is 0 Å². The summed E-state index contributed by atoms with van der Waals surface area (Å²) in [4.78, 5) is 22.9. The standard InChI is InChI=1S/C6H9NO4/c1-6(11,5(9)10)2-3-7-4-8/h11H,2-3H2,1H3,(H,9,10). The zero-order valence-electron chi connectivity index (χ0n) is 6.07. The van der Waals surface area contributed by atoms with Crippen LogP contribution in [0.3, 0.4) is 0 Å². The second-order valence-corrected chi connectivity index (χ2v) is 2.30. The van der Waals surface area contributed by atoms with Crippen molar-refractivity contribution < 1.29 is 19.8 Å². The predicted octanol–water partition coefficient (Wildman–Crippen LogP) is -0.452. The van der Waals surface area contributed by atoms with Gasteiger partial charge in [0.05, 0.1) is 6.54 Å². The third kappa shape index (κ3) is 3.50. The van der Waals surface area contributed by atoms with Crippen LogP contribution < -0.4 is 0 Å². The minimum Gasteiger partial charge on any atom is -0.479 e. The third-order valence-electron chi connectivity index (χ3n) is 1.24. The average Bonchev–Trinajstić information content (AvgIpc) is 1.88. The number of hydrogen-bond donors (Lipinski definition) is 2. The summed E-state index contributed by atoms with van der Waals surface area (Å²) in [5.41, 5.74) is -1.81. The molecule has 0 aliphatic heterocycles. The second-order valence-electron chi connectivity index (χ2n) is 2.30. The van der Waals surface area contributed by atoms with Gasteiger partial charge in [-0.1, -0.05) is 0 Å². The van der Waals surface area contributed by atoms with E-state index >= 15 is 0 Å². The van der Waals surface area contributed by atoms with Crippen molar-refractivity contribution in [1.82, 2.24) is 0 Å². The van der Waals surface area contributed by atoms with Crippen molar-refractivity contribution in [1.29, 1.82) is 0 Å². The van der Waals surface area contributed by atoms with Gasteiger partial charge in [-0.3, -0.25) is 0 Å². The lowest BCUT2D eigenvalue weighted by atomic mass is 10.0. The van der Waals surface area contributed by atoms with Crippen LogP contribution in [0.2, 0.25) is 0 Å². The minimum atomic E-state index is -1.81. The molecule has 0 bridgehead atoms. The Morgan fingerprint density at radius 3 is 2.64 bits per heavy atom. The summed E-state index contributed by atoms with van der Waals surface area (Å²) in [5.74, 6) is -1.32. The predicted molar refractivity (Wildman–Crippen MR) is 35.9 cm³/mol. The second kappa shape index (κ2) is 3.85. The summed E-state index contributed by atoms with van der Waals surface area (Å²) in [6.45, 7) is 1.12. The van der Waals surface area contributed by atoms with Crippen molar-refractivity contribution in [2.24, 2.45) is 4.99 Å². The molecule has 11 heavy (non-hydrogen) atoms. The van der Waals surface area contributed by atoms with Crippen LogP contribution >= 0.6 is 0 Å². The first-order valence-corrected chi connectivity index (χ1v) is 3.00. The highest BCUT2D eigenvalue weighted by Gasteiger charge is 2.28. The van der Waals surface area contributed by atoms with Crippen LogP contribution in [0.25, 0.3) is 0 Å². The monoisotopic (exact) mass is 159 g/mol. The van der Waals surface area contributed by atoms with E-state index in [1.807, 2.05) is 0 Å². The Morgan fingerprint density at radius 2 is 2.27 bits per heavy atom. The molecule has 0 aliphatic carbocycles. The zero-order chi connectivity index (χ0) is 8.91. The Morgan fingerprint density at radius 1 is 1.73 bits per heavy atom. The van der Waals surface area contributed by atoms with E-state index in [0.717, 1.165) is 6.92 Å². The van der Waals surface area contributed by atoms with Gasteiger partial charge in [-0.2, -0.15) is 0 Å². The van der Waals surface area contributed by atoms with Gasteiger partial charge in [-0.05, 0) is 6.92 Å². The number of isocyanates is 1. The van der Waals surface area contributed by atoms with E-state index in [1.54, 1.807) is 0 Å². The van der Waals surface area contributed by atoms with Crippen LogP contribution in [-0.2, 0) is 9.59 Å². The van der Waals surface area contributed by atoms with Crippen LogP contribution in [0, 0.1) is 0 Å². The van der Waals surface area contributed by atoms with E-state index in [2.05, 4.69) is 4.99 Å². The molecule has 1 atom stereocenters. The number of carboxylic acids is 1. The molecule has 5 heteroatoms. The molecule has 0 fully saturated rings. The first-order chi connectivity index (χ1) is 5.00. The largest absolute Gasteiger partial charge is 0.479 e. The molecular formula is C6H9NO4. The lowest BCUT2D eigenvalue weighted by Crippen LogP contribution is -2.35. The molecule has 0 aromatic carbocycles. The van der Waals surface area contributed by atoms with Gasteiger partial charge in [0.2, 0.25) is 6.08 Å². The van der Waals surface area contributed by atoms with E-state index in [0.29, 0.717) is 0 Å². The van der Waals surface area contributed by atoms with E-state index in [-0.39, 0.29) is 13.0 Å². The highest BCUT2D eigenvalue weighted by atomic mass is 16.4. The fraction of sp³-hybridized carbons (Fsp3) is 0.667. The number of aliphatic hydroxyl groups is 1. The maximum atomic E-state index is 10.2. The summed E-state index contributed by atoms with van der Waals surface area (Å²) >= 11 is 0. The number of carbonyl (C=O) groups excluding carboxylic acids is 1. The highest BCUT2D eigenvalue weighted by molar-refractivity contribution is 5.76. The van der Waals surface area contributed by atoms with Crippen molar-refractivity contribution in [3.8, 4) is 0 Å². The fourth-order valence-electron chi connectivity index (χ4n) is 0.426. The molecular weight excluding hydrogens is 150 g/mol. The molecule has 0 amide bonds. The number of rotatable bonds is 4. The van der Waals surface area contributed by atoms with E-state index < -0.39 is 11.6 Å². The zero-order valence-corrected chi connectivity index (χ0v) is 6.07. The first kappa shape index (κ1) is 9.81. The number of hydrogen-bond acceptors (Lipinski definition) is 4. The molecule has 0 aromatic heterocycles. The maximum Gasteiger partial charge on any atom is 0.335 e. The Hall–Kier alpha value is -1.19. The summed E-state index contributed by atoms with van der Waals surface area (Å²) in [6.07, 6.45) is 1.16. The van der Waals surface area contributed by atoms with Crippen molar-refractivity contribution in [3.63, 3.8) is 0 Å². The molecule has 0 rings (SSSR count). The molecule has 0 aliphatic rings. The lowest BCUT2D eigenvalue weighted by molar-refractivity contribution is -0.156.